The molecule has 0 amide bonds. The van der Waals surface area contributed by atoms with E-state index in [1.165, 1.54) is 27.5 Å². The second kappa shape index (κ2) is 11.9. The largest absolute Gasteiger partial charge is 0.455 e. The molecule has 0 atom stereocenters. The van der Waals surface area contributed by atoms with E-state index in [-0.39, 0.29) is 0 Å². The van der Waals surface area contributed by atoms with Crippen LogP contribution in [-0.2, 0) is 0 Å². The molecule has 2 heterocycles. The fourth-order valence-corrected chi connectivity index (χ4v) is 7.37. The Kier molecular flexibility index (Phi) is 6.81. The molecule has 51 heavy (non-hydrogen) atoms. The van der Waals surface area contributed by atoms with Crippen molar-refractivity contribution in [2.45, 2.75) is 0 Å². The van der Waals surface area contributed by atoms with Gasteiger partial charge in [-0.25, -0.2) is 9.97 Å². The Balaban J connectivity index is 1.11. The van der Waals surface area contributed by atoms with E-state index in [0.717, 1.165) is 66.4 Å². The highest BCUT2D eigenvalue weighted by atomic mass is 16.3. The van der Waals surface area contributed by atoms with Gasteiger partial charge in [0.15, 0.2) is 5.82 Å². The topological polar surface area (TPSA) is 38.9 Å². The van der Waals surface area contributed by atoms with E-state index in [2.05, 4.69) is 146 Å². The first-order valence-electron chi connectivity index (χ1n) is 17.2. The molecule has 10 rings (SSSR count). The van der Waals surface area contributed by atoms with Crippen molar-refractivity contribution in [2.24, 2.45) is 0 Å². The van der Waals surface area contributed by atoms with Crippen LogP contribution >= 0.6 is 0 Å². The summed E-state index contributed by atoms with van der Waals surface area (Å²) in [6.07, 6.45) is 0. The Labute approximate surface area is 295 Å². The molecule has 0 radical (unpaired) electrons. The molecule has 3 nitrogen and oxygen atoms in total. The van der Waals surface area contributed by atoms with Crippen molar-refractivity contribution in [3.63, 3.8) is 0 Å². The monoisotopic (exact) mass is 650 g/mol. The van der Waals surface area contributed by atoms with E-state index in [9.17, 15) is 0 Å². The Morgan fingerprint density at radius 1 is 0.333 bits per heavy atom. The molecule has 8 aromatic carbocycles. The summed E-state index contributed by atoms with van der Waals surface area (Å²) in [5.41, 5.74) is 11.4. The van der Waals surface area contributed by atoms with E-state index >= 15 is 0 Å². The standard InChI is InChI=1S/C48H30N2O/c1-3-13-33(14-4-1)44-30-45(50-48(49-44)35-15-5-2-6-16-35)34-24-22-32(23-25-34)41-29-43-42-28-36(38-21-11-17-31-12-7-8-18-37(31)38)26-27-46(42)51-47(43)40-20-10-9-19-39(40)41/h1-30H. The minimum absolute atomic E-state index is 0.710. The molecule has 0 aliphatic carbocycles. The molecule has 0 N–H and O–H groups in total. The molecule has 238 valence electrons. The summed E-state index contributed by atoms with van der Waals surface area (Å²) in [4.78, 5) is 10.0. The van der Waals surface area contributed by atoms with E-state index in [0.29, 0.717) is 5.82 Å². The van der Waals surface area contributed by atoms with E-state index in [1.807, 2.05) is 36.4 Å². The van der Waals surface area contributed by atoms with Gasteiger partial charge in [-0.1, -0.05) is 158 Å². The lowest BCUT2D eigenvalue weighted by atomic mass is 9.93. The van der Waals surface area contributed by atoms with Crippen LogP contribution in [0.2, 0.25) is 0 Å². The average molecular weight is 651 g/mol. The smallest absolute Gasteiger partial charge is 0.160 e. The highest BCUT2D eigenvalue weighted by Crippen LogP contribution is 2.42. The number of benzene rings is 8. The molecule has 0 saturated heterocycles. The molecule has 0 saturated carbocycles. The molecule has 2 aromatic heterocycles. The first-order chi connectivity index (χ1) is 25.3. The van der Waals surface area contributed by atoms with Crippen LogP contribution in [0.25, 0.3) is 99.6 Å². The summed E-state index contributed by atoms with van der Waals surface area (Å²) >= 11 is 0. The van der Waals surface area contributed by atoms with Gasteiger partial charge < -0.3 is 4.42 Å². The third kappa shape index (κ3) is 5.06. The van der Waals surface area contributed by atoms with Crippen LogP contribution in [-0.4, -0.2) is 9.97 Å². The number of nitrogens with zero attached hydrogens (tertiary/aromatic N) is 2. The van der Waals surface area contributed by atoms with Crippen molar-refractivity contribution in [1.29, 1.82) is 0 Å². The molecular weight excluding hydrogens is 621 g/mol. The summed E-state index contributed by atoms with van der Waals surface area (Å²) in [6, 6.07) is 63.8. The SMILES string of the molecule is c1ccc(-c2cc(-c3ccc(-c4cc5c6cc(-c7cccc8ccccc78)ccc6oc5c5ccccc45)cc3)nc(-c3ccccc3)n2)cc1. The number of hydrogen-bond acceptors (Lipinski definition) is 3. The van der Waals surface area contributed by atoms with Gasteiger partial charge in [-0.3, -0.25) is 0 Å². The van der Waals surface area contributed by atoms with Crippen LogP contribution in [0.4, 0.5) is 0 Å². The van der Waals surface area contributed by atoms with Gasteiger partial charge in [0.05, 0.1) is 11.4 Å². The van der Waals surface area contributed by atoms with Gasteiger partial charge in [0.25, 0.3) is 0 Å². The van der Waals surface area contributed by atoms with Gasteiger partial charge in [0, 0.05) is 32.8 Å². The predicted molar refractivity (Wildman–Crippen MR) is 212 cm³/mol. The van der Waals surface area contributed by atoms with Gasteiger partial charge in [-0.05, 0) is 62.7 Å². The number of hydrogen-bond donors (Lipinski definition) is 0. The van der Waals surface area contributed by atoms with Crippen LogP contribution in [0.5, 0.6) is 0 Å². The second-order valence-electron chi connectivity index (χ2n) is 13.0. The van der Waals surface area contributed by atoms with Crippen LogP contribution in [0.15, 0.2) is 186 Å². The van der Waals surface area contributed by atoms with Crippen molar-refractivity contribution in [3.05, 3.63) is 182 Å². The fraction of sp³-hybridized carbons (Fsp3) is 0. The van der Waals surface area contributed by atoms with Crippen molar-refractivity contribution >= 4 is 43.5 Å². The Bertz CT molecular complexity index is 2830. The van der Waals surface area contributed by atoms with Gasteiger partial charge in [0.1, 0.15) is 11.2 Å². The summed E-state index contributed by atoms with van der Waals surface area (Å²) < 4.78 is 6.59. The Hall–Kier alpha value is -6.84. The average Bonchev–Trinajstić information content (AvgIpc) is 3.59. The van der Waals surface area contributed by atoms with Gasteiger partial charge in [-0.15, -0.1) is 0 Å². The molecule has 0 aliphatic rings. The molecule has 0 aliphatic heterocycles. The molecule has 0 bridgehead atoms. The minimum Gasteiger partial charge on any atom is -0.455 e. The number of furan rings is 1. The summed E-state index contributed by atoms with van der Waals surface area (Å²) in [7, 11) is 0. The highest BCUT2D eigenvalue weighted by molar-refractivity contribution is 6.19. The van der Waals surface area contributed by atoms with Crippen molar-refractivity contribution in [3.8, 4) is 56.2 Å². The highest BCUT2D eigenvalue weighted by Gasteiger charge is 2.17. The second-order valence-corrected chi connectivity index (χ2v) is 13.0. The van der Waals surface area contributed by atoms with Crippen LogP contribution < -0.4 is 0 Å². The number of aromatic nitrogens is 2. The fourth-order valence-electron chi connectivity index (χ4n) is 7.37. The Morgan fingerprint density at radius 3 is 1.69 bits per heavy atom. The van der Waals surface area contributed by atoms with E-state index in [4.69, 9.17) is 14.4 Å². The van der Waals surface area contributed by atoms with Gasteiger partial charge in [0.2, 0.25) is 0 Å². The summed E-state index contributed by atoms with van der Waals surface area (Å²) in [5, 5.41) is 6.97. The van der Waals surface area contributed by atoms with Crippen LogP contribution in [0.1, 0.15) is 0 Å². The number of fused-ring (bicyclic) bond motifs is 6. The van der Waals surface area contributed by atoms with Crippen molar-refractivity contribution in [2.75, 3.05) is 0 Å². The maximum atomic E-state index is 6.59. The van der Waals surface area contributed by atoms with Gasteiger partial charge >= 0.3 is 0 Å². The van der Waals surface area contributed by atoms with Crippen LogP contribution in [0, 0.1) is 0 Å². The zero-order valence-electron chi connectivity index (χ0n) is 27.6. The zero-order chi connectivity index (χ0) is 33.7. The molecule has 0 unspecified atom stereocenters. The lowest BCUT2D eigenvalue weighted by Crippen LogP contribution is -1.95. The number of rotatable bonds is 5. The van der Waals surface area contributed by atoms with Crippen molar-refractivity contribution < 1.29 is 4.42 Å². The van der Waals surface area contributed by atoms with Crippen molar-refractivity contribution in [1.82, 2.24) is 9.97 Å². The quantitative estimate of drug-likeness (QED) is 0.186. The molecule has 0 spiro atoms. The molecule has 10 aromatic rings. The van der Waals surface area contributed by atoms with Crippen LogP contribution in [0.3, 0.4) is 0 Å². The predicted octanol–water partition coefficient (Wildman–Crippen LogP) is 13.0. The first-order valence-corrected chi connectivity index (χ1v) is 17.2. The maximum absolute atomic E-state index is 6.59. The Morgan fingerprint density at radius 2 is 0.922 bits per heavy atom. The third-order valence-corrected chi connectivity index (χ3v) is 9.90. The molecule has 0 fully saturated rings. The van der Waals surface area contributed by atoms with E-state index < -0.39 is 0 Å². The summed E-state index contributed by atoms with van der Waals surface area (Å²) in [5.74, 6) is 0.710. The minimum atomic E-state index is 0.710. The maximum Gasteiger partial charge on any atom is 0.160 e. The lowest BCUT2D eigenvalue weighted by Gasteiger charge is -2.11. The van der Waals surface area contributed by atoms with E-state index in [1.54, 1.807) is 0 Å². The molecule has 3 heteroatoms. The lowest BCUT2D eigenvalue weighted by molar-refractivity contribution is 0.673. The normalized spacial score (nSPS) is 11.5. The molecular formula is C48H30N2O. The van der Waals surface area contributed by atoms with Gasteiger partial charge in [-0.2, -0.15) is 0 Å². The summed E-state index contributed by atoms with van der Waals surface area (Å²) in [6.45, 7) is 0. The first kappa shape index (κ1) is 29.1. The third-order valence-electron chi connectivity index (χ3n) is 9.90. The zero-order valence-corrected chi connectivity index (χ0v) is 27.6.